The van der Waals surface area contributed by atoms with Gasteiger partial charge < -0.3 is 10.1 Å². The topological polar surface area (TPSA) is 21.3 Å². The Kier molecular flexibility index (Phi) is 6.57. The second kappa shape index (κ2) is 6.61. The maximum absolute atomic E-state index is 5.48. The van der Waals surface area contributed by atoms with Crippen molar-refractivity contribution < 1.29 is 4.74 Å². The molecule has 0 saturated heterocycles. The molecule has 0 aliphatic carbocycles. The maximum Gasteiger partial charge on any atom is 0.0622 e. The van der Waals surface area contributed by atoms with Crippen molar-refractivity contribution in [1.29, 1.82) is 0 Å². The first-order chi connectivity index (χ1) is 7.23. The molecule has 0 aromatic rings. The molecule has 1 N–H and O–H groups in total. The van der Waals surface area contributed by atoms with Gasteiger partial charge in [0.1, 0.15) is 0 Å². The molecule has 0 heterocycles. The minimum atomic E-state index is 0.00964. The van der Waals surface area contributed by atoms with Crippen molar-refractivity contribution in [1.82, 2.24) is 5.32 Å². The minimum absolute atomic E-state index is 0.00964. The number of hydrogen-bond acceptors (Lipinski definition) is 2. The molecule has 1 atom stereocenters. The molecule has 0 rings (SSSR count). The van der Waals surface area contributed by atoms with Crippen LogP contribution in [-0.2, 0) is 4.74 Å². The molecule has 1 unspecified atom stereocenters. The summed E-state index contributed by atoms with van der Waals surface area (Å²) in [6.45, 7) is 15.7. The minimum Gasteiger partial charge on any atom is -0.379 e. The van der Waals surface area contributed by atoms with Gasteiger partial charge in [0, 0.05) is 7.11 Å². The van der Waals surface area contributed by atoms with Gasteiger partial charge in [0.25, 0.3) is 0 Å². The van der Waals surface area contributed by atoms with Crippen LogP contribution in [0.4, 0.5) is 0 Å². The van der Waals surface area contributed by atoms with E-state index in [-0.39, 0.29) is 5.60 Å². The van der Waals surface area contributed by atoms with Crippen molar-refractivity contribution in [2.75, 3.05) is 20.2 Å². The monoisotopic (exact) mass is 229 g/mol. The van der Waals surface area contributed by atoms with Crippen molar-refractivity contribution in [2.24, 2.45) is 11.3 Å². The molecule has 0 saturated carbocycles. The van der Waals surface area contributed by atoms with Gasteiger partial charge in [0.2, 0.25) is 0 Å². The van der Waals surface area contributed by atoms with E-state index in [0.717, 1.165) is 19.5 Å². The molecular formula is C14H31NO. The molecule has 0 aliphatic rings. The summed E-state index contributed by atoms with van der Waals surface area (Å²) in [5.41, 5.74) is 0.377. The number of nitrogens with one attached hydrogen (secondary N) is 1. The summed E-state index contributed by atoms with van der Waals surface area (Å²) >= 11 is 0. The summed E-state index contributed by atoms with van der Waals surface area (Å²) < 4.78 is 5.48. The highest BCUT2D eigenvalue weighted by atomic mass is 16.5. The van der Waals surface area contributed by atoms with Crippen LogP contribution in [0.3, 0.4) is 0 Å². The van der Waals surface area contributed by atoms with Crippen LogP contribution in [0.2, 0.25) is 0 Å². The van der Waals surface area contributed by atoms with Gasteiger partial charge in [0.05, 0.1) is 5.60 Å². The van der Waals surface area contributed by atoms with Crippen LogP contribution in [0.15, 0.2) is 0 Å². The van der Waals surface area contributed by atoms with E-state index in [1.165, 1.54) is 6.42 Å². The lowest BCUT2D eigenvalue weighted by Crippen LogP contribution is -2.34. The summed E-state index contributed by atoms with van der Waals surface area (Å²) in [6, 6.07) is 0. The van der Waals surface area contributed by atoms with Gasteiger partial charge in [0.15, 0.2) is 0 Å². The molecule has 0 radical (unpaired) electrons. The third kappa shape index (κ3) is 6.49. The standard InChI is InChI=1S/C14H31NO/c1-8-15-11-12(13(2,3)4)9-10-14(5,6)16-7/h12,15H,8-11H2,1-7H3. The third-order valence-corrected chi connectivity index (χ3v) is 3.51. The van der Waals surface area contributed by atoms with Crippen molar-refractivity contribution in [3.05, 3.63) is 0 Å². The quantitative estimate of drug-likeness (QED) is 0.722. The maximum atomic E-state index is 5.48. The van der Waals surface area contributed by atoms with Gasteiger partial charge in [-0.05, 0) is 51.1 Å². The Bertz CT molecular complexity index is 182. The second-order valence-electron chi connectivity index (χ2n) is 6.37. The first-order valence-electron chi connectivity index (χ1n) is 6.49. The van der Waals surface area contributed by atoms with E-state index in [9.17, 15) is 0 Å². The van der Waals surface area contributed by atoms with Gasteiger partial charge in [-0.1, -0.05) is 27.7 Å². The summed E-state index contributed by atoms with van der Waals surface area (Å²) in [4.78, 5) is 0. The predicted molar refractivity (Wildman–Crippen MR) is 71.8 cm³/mol. The van der Waals surface area contributed by atoms with Gasteiger partial charge in [-0.3, -0.25) is 0 Å². The van der Waals surface area contributed by atoms with Crippen molar-refractivity contribution in [3.8, 4) is 0 Å². The van der Waals surface area contributed by atoms with Crippen LogP contribution in [0, 0.1) is 11.3 Å². The Hall–Kier alpha value is -0.0800. The Labute approximate surface area is 102 Å². The molecule has 2 heteroatoms. The average Bonchev–Trinajstić information content (AvgIpc) is 2.16. The lowest BCUT2D eigenvalue weighted by Gasteiger charge is -2.33. The second-order valence-corrected chi connectivity index (χ2v) is 6.37. The van der Waals surface area contributed by atoms with Crippen molar-refractivity contribution in [2.45, 2.75) is 60.0 Å². The van der Waals surface area contributed by atoms with Crippen LogP contribution in [0.25, 0.3) is 0 Å². The van der Waals surface area contributed by atoms with Crippen LogP contribution < -0.4 is 5.32 Å². The normalized spacial score (nSPS) is 15.2. The zero-order chi connectivity index (χ0) is 12.8. The smallest absolute Gasteiger partial charge is 0.0622 e. The highest BCUT2D eigenvalue weighted by molar-refractivity contribution is 4.79. The highest BCUT2D eigenvalue weighted by Gasteiger charge is 2.26. The summed E-state index contributed by atoms with van der Waals surface area (Å²) in [5, 5.41) is 3.47. The lowest BCUT2D eigenvalue weighted by molar-refractivity contribution is 0.00581. The first kappa shape index (κ1) is 15.9. The Morgan fingerprint density at radius 1 is 1.12 bits per heavy atom. The molecule has 98 valence electrons. The molecule has 2 nitrogen and oxygen atoms in total. The largest absolute Gasteiger partial charge is 0.379 e. The number of rotatable bonds is 7. The average molecular weight is 229 g/mol. The molecule has 0 fully saturated rings. The predicted octanol–water partition coefficient (Wildman–Crippen LogP) is 3.46. The summed E-state index contributed by atoms with van der Waals surface area (Å²) in [5.74, 6) is 0.710. The summed E-state index contributed by atoms with van der Waals surface area (Å²) in [7, 11) is 1.80. The van der Waals surface area contributed by atoms with E-state index in [4.69, 9.17) is 4.74 Å². The molecule has 16 heavy (non-hydrogen) atoms. The van der Waals surface area contributed by atoms with Crippen LogP contribution in [0.5, 0.6) is 0 Å². The number of methoxy groups -OCH3 is 1. The lowest BCUT2D eigenvalue weighted by atomic mass is 9.76. The molecule has 0 aromatic carbocycles. The Morgan fingerprint density at radius 2 is 1.69 bits per heavy atom. The van der Waals surface area contributed by atoms with Gasteiger partial charge in [-0.15, -0.1) is 0 Å². The fourth-order valence-corrected chi connectivity index (χ4v) is 1.78. The van der Waals surface area contributed by atoms with Gasteiger partial charge in [-0.25, -0.2) is 0 Å². The number of hydrogen-bond donors (Lipinski definition) is 1. The van der Waals surface area contributed by atoms with Crippen LogP contribution in [0.1, 0.15) is 54.4 Å². The molecule has 0 amide bonds. The Balaban J connectivity index is 4.22. The molecule has 0 aromatic heterocycles. The van der Waals surface area contributed by atoms with Crippen LogP contribution >= 0.6 is 0 Å². The van der Waals surface area contributed by atoms with E-state index in [0.29, 0.717) is 11.3 Å². The van der Waals surface area contributed by atoms with E-state index in [1.807, 2.05) is 0 Å². The van der Waals surface area contributed by atoms with E-state index in [2.05, 4.69) is 46.9 Å². The van der Waals surface area contributed by atoms with Gasteiger partial charge >= 0.3 is 0 Å². The van der Waals surface area contributed by atoms with Crippen molar-refractivity contribution in [3.63, 3.8) is 0 Å². The first-order valence-corrected chi connectivity index (χ1v) is 6.49. The molecule has 0 spiro atoms. The molecular weight excluding hydrogens is 198 g/mol. The summed E-state index contributed by atoms with van der Waals surface area (Å²) in [6.07, 6.45) is 2.34. The highest BCUT2D eigenvalue weighted by Crippen LogP contribution is 2.31. The van der Waals surface area contributed by atoms with Crippen LogP contribution in [-0.4, -0.2) is 25.8 Å². The SMILES string of the molecule is CCNCC(CCC(C)(C)OC)C(C)(C)C. The third-order valence-electron chi connectivity index (χ3n) is 3.51. The fraction of sp³-hybridized carbons (Fsp3) is 1.00. The Morgan fingerprint density at radius 3 is 2.06 bits per heavy atom. The van der Waals surface area contributed by atoms with E-state index >= 15 is 0 Å². The van der Waals surface area contributed by atoms with E-state index < -0.39 is 0 Å². The van der Waals surface area contributed by atoms with E-state index in [1.54, 1.807) is 7.11 Å². The zero-order valence-electron chi connectivity index (χ0n) is 12.3. The zero-order valence-corrected chi connectivity index (χ0v) is 12.3. The molecule has 0 aliphatic heterocycles. The number of ether oxygens (including phenoxy) is 1. The molecule has 0 bridgehead atoms. The fourth-order valence-electron chi connectivity index (χ4n) is 1.78. The van der Waals surface area contributed by atoms with Crippen molar-refractivity contribution >= 4 is 0 Å². The van der Waals surface area contributed by atoms with Gasteiger partial charge in [-0.2, -0.15) is 0 Å².